The molecule has 0 N–H and O–H groups in total. The van der Waals surface area contributed by atoms with E-state index < -0.39 is 0 Å². The molecule has 1 aliphatic heterocycles. The smallest absolute Gasteiger partial charge is 0.127 e. The van der Waals surface area contributed by atoms with Crippen molar-refractivity contribution in [3.63, 3.8) is 0 Å². The summed E-state index contributed by atoms with van der Waals surface area (Å²) in [6.45, 7) is 9.31. The number of piperazine rings is 1. The molecule has 26 heavy (non-hydrogen) atoms. The van der Waals surface area contributed by atoms with Crippen molar-refractivity contribution in [2.24, 2.45) is 5.10 Å². The lowest BCUT2D eigenvalue weighted by Crippen LogP contribution is -2.43. The molecular weight excluding hydrogens is 390 g/mol. The third kappa shape index (κ3) is 4.86. The van der Waals surface area contributed by atoms with Crippen molar-refractivity contribution in [3.8, 4) is 5.75 Å². The topological polar surface area (TPSA) is 28.1 Å². The minimum atomic E-state index is 0.838. The number of benzene rings is 2. The van der Waals surface area contributed by atoms with Gasteiger partial charge < -0.3 is 4.74 Å². The lowest BCUT2D eigenvalue weighted by Gasteiger charge is -2.33. The summed E-state index contributed by atoms with van der Waals surface area (Å²) < 4.78 is 6.43. The SMILES string of the molecule is COc1ccc(Br)cc1/C=N\N1CCN(Cc2ccc(C)cc2C)CC1. The van der Waals surface area contributed by atoms with Crippen LogP contribution in [0.4, 0.5) is 0 Å². The van der Waals surface area contributed by atoms with Gasteiger partial charge in [-0.3, -0.25) is 9.91 Å². The van der Waals surface area contributed by atoms with Crippen LogP contribution in [0, 0.1) is 13.8 Å². The van der Waals surface area contributed by atoms with Crippen LogP contribution in [0.2, 0.25) is 0 Å². The first-order valence-corrected chi connectivity index (χ1v) is 9.75. The molecule has 4 nitrogen and oxygen atoms in total. The summed E-state index contributed by atoms with van der Waals surface area (Å²) in [7, 11) is 1.69. The van der Waals surface area contributed by atoms with Gasteiger partial charge in [-0.05, 0) is 43.2 Å². The van der Waals surface area contributed by atoms with E-state index in [0.717, 1.165) is 48.5 Å². The molecule has 1 saturated heterocycles. The number of hydrazone groups is 1. The number of ether oxygens (including phenoxy) is 1. The second kappa shape index (κ2) is 8.69. The largest absolute Gasteiger partial charge is 0.496 e. The summed E-state index contributed by atoms with van der Waals surface area (Å²) in [5.41, 5.74) is 5.12. The number of hydrogen-bond acceptors (Lipinski definition) is 4. The predicted molar refractivity (Wildman–Crippen MR) is 111 cm³/mol. The van der Waals surface area contributed by atoms with E-state index in [0.29, 0.717) is 0 Å². The Hall–Kier alpha value is -1.85. The molecule has 0 atom stereocenters. The van der Waals surface area contributed by atoms with Crippen LogP contribution in [0.25, 0.3) is 0 Å². The van der Waals surface area contributed by atoms with Gasteiger partial charge in [0.05, 0.1) is 13.3 Å². The van der Waals surface area contributed by atoms with E-state index in [1.807, 2.05) is 24.4 Å². The Kier molecular flexibility index (Phi) is 6.33. The van der Waals surface area contributed by atoms with Crippen LogP contribution in [0.5, 0.6) is 5.75 Å². The number of nitrogens with zero attached hydrogens (tertiary/aromatic N) is 3. The number of hydrogen-bond donors (Lipinski definition) is 0. The molecule has 138 valence electrons. The third-order valence-corrected chi connectivity index (χ3v) is 5.29. The van der Waals surface area contributed by atoms with Crippen molar-refractivity contribution in [2.45, 2.75) is 20.4 Å². The average Bonchev–Trinajstić information content (AvgIpc) is 2.63. The van der Waals surface area contributed by atoms with Crippen LogP contribution in [-0.4, -0.2) is 49.4 Å². The molecule has 0 bridgehead atoms. The highest BCUT2D eigenvalue weighted by Crippen LogP contribution is 2.21. The fourth-order valence-electron chi connectivity index (χ4n) is 3.22. The van der Waals surface area contributed by atoms with Gasteiger partial charge in [0.1, 0.15) is 5.75 Å². The second-order valence-electron chi connectivity index (χ2n) is 6.79. The molecule has 0 aromatic heterocycles. The van der Waals surface area contributed by atoms with Crippen LogP contribution in [0.15, 0.2) is 46.0 Å². The van der Waals surface area contributed by atoms with E-state index in [1.165, 1.54) is 16.7 Å². The second-order valence-corrected chi connectivity index (χ2v) is 7.71. The Balaban J connectivity index is 1.56. The Labute approximate surface area is 164 Å². The molecule has 0 saturated carbocycles. The first-order chi connectivity index (χ1) is 12.5. The normalized spacial score (nSPS) is 15.6. The van der Waals surface area contributed by atoms with Gasteiger partial charge in [-0.1, -0.05) is 39.7 Å². The molecule has 1 heterocycles. The molecule has 0 radical (unpaired) electrons. The summed E-state index contributed by atoms with van der Waals surface area (Å²) in [6, 6.07) is 12.7. The molecular formula is C21H26BrN3O. The standard InChI is InChI=1S/C21H26BrN3O/c1-16-4-5-18(17(2)12-16)15-24-8-10-25(11-9-24)23-14-19-13-20(22)6-7-21(19)26-3/h4-7,12-14H,8-11,15H2,1-3H3/b23-14-. The van der Waals surface area contributed by atoms with Crippen molar-refractivity contribution >= 4 is 22.1 Å². The molecule has 0 spiro atoms. The van der Waals surface area contributed by atoms with E-state index >= 15 is 0 Å². The fourth-order valence-corrected chi connectivity index (χ4v) is 3.60. The maximum atomic E-state index is 5.40. The third-order valence-electron chi connectivity index (χ3n) is 4.79. The Morgan fingerprint density at radius 1 is 1.08 bits per heavy atom. The van der Waals surface area contributed by atoms with E-state index in [-0.39, 0.29) is 0 Å². The maximum Gasteiger partial charge on any atom is 0.127 e. The van der Waals surface area contributed by atoms with Crippen LogP contribution in [0.3, 0.4) is 0 Å². The monoisotopic (exact) mass is 415 g/mol. The molecule has 0 unspecified atom stereocenters. The molecule has 0 amide bonds. The molecule has 2 aromatic rings. The highest BCUT2D eigenvalue weighted by Gasteiger charge is 2.16. The molecule has 5 heteroatoms. The number of aryl methyl sites for hydroxylation is 2. The zero-order valence-corrected chi connectivity index (χ0v) is 17.3. The van der Waals surface area contributed by atoms with Gasteiger partial charge in [0.15, 0.2) is 0 Å². The number of rotatable bonds is 5. The van der Waals surface area contributed by atoms with Crippen molar-refractivity contribution < 1.29 is 4.74 Å². The summed E-state index contributed by atoms with van der Waals surface area (Å²) in [5, 5.41) is 6.79. The summed E-state index contributed by atoms with van der Waals surface area (Å²) in [6.07, 6.45) is 1.89. The summed E-state index contributed by atoms with van der Waals surface area (Å²) >= 11 is 3.50. The zero-order valence-electron chi connectivity index (χ0n) is 15.7. The molecule has 1 fully saturated rings. The van der Waals surface area contributed by atoms with Gasteiger partial charge in [0.25, 0.3) is 0 Å². The fraction of sp³-hybridized carbons (Fsp3) is 0.381. The van der Waals surface area contributed by atoms with Crippen LogP contribution >= 0.6 is 15.9 Å². The van der Waals surface area contributed by atoms with Crippen LogP contribution in [0.1, 0.15) is 22.3 Å². The number of methoxy groups -OCH3 is 1. The van der Waals surface area contributed by atoms with Gasteiger partial charge in [0.2, 0.25) is 0 Å². The maximum absolute atomic E-state index is 5.40. The molecule has 2 aromatic carbocycles. The van der Waals surface area contributed by atoms with E-state index in [9.17, 15) is 0 Å². The van der Waals surface area contributed by atoms with Crippen molar-refractivity contribution in [2.75, 3.05) is 33.3 Å². The lowest BCUT2D eigenvalue weighted by atomic mass is 10.1. The zero-order chi connectivity index (χ0) is 18.5. The van der Waals surface area contributed by atoms with Crippen molar-refractivity contribution in [1.82, 2.24) is 9.91 Å². The molecule has 3 rings (SSSR count). The first kappa shape index (κ1) is 18.9. The lowest BCUT2D eigenvalue weighted by molar-refractivity contribution is 0.131. The van der Waals surface area contributed by atoms with Gasteiger partial charge in [-0.15, -0.1) is 0 Å². The van der Waals surface area contributed by atoms with Gasteiger partial charge in [-0.2, -0.15) is 5.10 Å². The average molecular weight is 416 g/mol. The predicted octanol–water partition coefficient (Wildman–Crippen LogP) is 4.23. The quantitative estimate of drug-likeness (QED) is 0.683. The Bertz CT molecular complexity index is 783. The van der Waals surface area contributed by atoms with Gasteiger partial charge >= 0.3 is 0 Å². The van der Waals surface area contributed by atoms with Crippen molar-refractivity contribution in [3.05, 3.63) is 63.1 Å². The minimum absolute atomic E-state index is 0.838. The minimum Gasteiger partial charge on any atom is -0.496 e. The first-order valence-electron chi connectivity index (χ1n) is 8.96. The van der Waals surface area contributed by atoms with E-state index in [2.05, 4.69) is 63.0 Å². The summed E-state index contributed by atoms with van der Waals surface area (Å²) in [4.78, 5) is 2.50. The molecule has 1 aliphatic rings. The van der Waals surface area contributed by atoms with Crippen LogP contribution in [-0.2, 0) is 6.54 Å². The molecule has 0 aliphatic carbocycles. The number of halogens is 1. The Morgan fingerprint density at radius 3 is 2.54 bits per heavy atom. The van der Waals surface area contributed by atoms with Gasteiger partial charge in [-0.25, -0.2) is 0 Å². The van der Waals surface area contributed by atoms with Crippen LogP contribution < -0.4 is 4.74 Å². The highest BCUT2D eigenvalue weighted by atomic mass is 79.9. The van der Waals surface area contributed by atoms with E-state index in [1.54, 1.807) is 7.11 Å². The van der Waals surface area contributed by atoms with E-state index in [4.69, 9.17) is 4.74 Å². The Morgan fingerprint density at radius 2 is 1.85 bits per heavy atom. The van der Waals surface area contributed by atoms with Crippen molar-refractivity contribution in [1.29, 1.82) is 0 Å². The van der Waals surface area contributed by atoms with Gasteiger partial charge in [0, 0.05) is 42.8 Å². The highest BCUT2D eigenvalue weighted by molar-refractivity contribution is 9.10. The summed E-state index contributed by atoms with van der Waals surface area (Å²) in [5.74, 6) is 0.838.